The highest BCUT2D eigenvalue weighted by molar-refractivity contribution is 14.1. The Labute approximate surface area is 98.7 Å². The maximum absolute atomic E-state index is 11.0. The van der Waals surface area contributed by atoms with Crippen LogP contribution in [0.1, 0.15) is 33.6 Å². The molecule has 2 atom stereocenters. The molecule has 82 valence electrons. The average Bonchev–Trinajstić information content (AvgIpc) is 1.99. The van der Waals surface area contributed by atoms with Crippen LogP contribution < -0.4 is 0 Å². The molecule has 0 N–H and O–H groups in total. The fraction of sp³-hybridized carbons (Fsp3) is 0.900. The summed E-state index contributed by atoms with van der Waals surface area (Å²) in [5.41, 5.74) is 0. The zero-order valence-electron chi connectivity index (χ0n) is 8.88. The van der Waals surface area contributed by atoms with E-state index >= 15 is 0 Å². The van der Waals surface area contributed by atoms with Gasteiger partial charge in [-0.15, -0.1) is 0 Å². The lowest BCUT2D eigenvalue weighted by Crippen LogP contribution is -2.45. The molecule has 1 aliphatic rings. The second-order valence-electron chi connectivity index (χ2n) is 4.18. The Morgan fingerprint density at radius 2 is 2.00 bits per heavy atom. The van der Waals surface area contributed by atoms with Crippen molar-refractivity contribution in [3.05, 3.63) is 0 Å². The number of halogens is 1. The molecule has 0 aromatic rings. The quantitative estimate of drug-likeness (QED) is 0.593. The van der Waals surface area contributed by atoms with Gasteiger partial charge in [0, 0.05) is 17.3 Å². The summed E-state index contributed by atoms with van der Waals surface area (Å²) in [4.78, 5) is 11.0. The van der Waals surface area contributed by atoms with Crippen LogP contribution in [0.2, 0.25) is 0 Å². The van der Waals surface area contributed by atoms with Crippen LogP contribution in [-0.4, -0.2) is 28.2 Å². The van der Waals surface area contributed by atoms with Gasteiger partial charge < -0.3 is 9.47 Å². The molecular formula is C10H17IO3. The summed E-state index contributed by atoms with van der Waals surface area (Å²) < 4.78 is 12.3. The molecule has 0 aromatic heterocycles. The van der Waals surface area contributed by atoms with E-state index < -0.39 is 5.79 Å². The highest BCUT2D eigenvalue weighted by atomic mass is 127. The predicted molar refractivity (Wildman–Crippen MR) is 62.6 cm³/mol. The van der Waals surface area contributed by atoms with Gasteiger partial charge in [0.25, 0.3) is 0 Å². The van der Waals surface area contributed by atoms with Crippen LogP contribution in [0.15, 0.2) is 0 Å². The molecule has 0 bridgehead atoms. The monoisotopic (exact) mass is 312 g/mol. The number of rotatable bonds is 3. The Morgan fingerprint density at radius 3 is 2.50 bits per heavy atom. The summed E-state index contributed by atoms with van der Waals surface area (Å²) in [5.74, 6) is -0.367. The lowest BCUT2D eigenvalue weighted by Gasteiger charge is -2.40. The van der Waals surface area contributed by atoms with Crippen LogP contribution in [0.5, 0.6) is 0 Å². The standard InChI is InChI=1S/C10H17IO3/c1-7(12)4-8-5-9(6-11)14-10(2,3)13-8/h8-9H,4-6H2,1-3H3/t8-,9-/m0/s1. The molecule has 0 aromatic carbocycles. The molecule has 0 aliphatic carbocycles. The predicted octanol–water partition coefficient (Wildman–Crippen LogP) is 2.31. The minimum atomic E-state index is -0.547. The molecule has 1 heterocycles. The minimum absolute atomic E-state index is 0.0241. The Bertz CT molecular complexity index is 215. The highest BCUT2D eigenvalue weighted by Crippen LogP contribution is 2.29. The van der Waals surface area contributed by atoms with Gasteiger partial charge in [-0.25, -0.2) is 0 Å². The van der Waals surface area contributed by atoms with E-state index in [0.29, 0.717) is 6.42 Å². The van der Waals surface area contributed by atoms with Crippen LogP contribution in [0, 0.1) is 0 Å². The van der Waals surface area contributed by atoms with Gasteiger partial charge in [0.05, 0.1) is 12.2 Å². The van der Waals surface area contributed by atoms with Crippen molar-refractivity contribution >= 4 is 28.4 Å². The molecule has 0 amide bonds. The van der Waals surface area contributed by atoms with Crippen molar-refractivity contribution in [1.29, 1.82) is 0 Å². The normalized spacial score (nSPS) is 31.4. The van der Waals surface area contributed by atoms with Crippen molar-refractivity contribution in [3.63, 3.8) is 0 Å². The van der Waals surface area contributed by atoms with E-state index in [1.807, 2.05) is 13.8 Å². The first kappa shape index (κ1) is 12.4. The fourth-order valence-electron chi connectivity index (χ4n) is 1.76. The van der Waals surface area contributed by atoms with Crippen molar-refractivity contribution in [2.24, 2.45) is 0 Å². The summed E-state index contributed by atoms with van der Waals surface area (Å²) in [6.07, 6.45) is 1.56. The third-order valence-corrected chi connectivity index (χ3v) is 3.10. The molecule has 0 spiro atoms. The lowest BCUT2D eigenvalue weighted by molar-refractivity contribution is -0.293. The van der Waals surface area contributed by atoms with Crippen molar-refractivity contribution in [2.45, 2.75) is 51.6 Å². The second kappa shape index (κ2) is 4.90. The molecule has 0 radical (unpaired) electrons. The highest BCUT2D eigenvalue weighted by Gasteiger charge is 2.35. The van der Waals surface area contributed by atoms with Gasteiger partial charge in [-0.3, -0.25) is 4.79 Å². The first-order valence-electron chi connectivity index (χ1n) is 4.84. The summed E-state index contributed by atoms with van der Waals surface area (Å²) in [7, 11) is 0. The van der Waals surface area contributed by atoms with E-state index in [4.69, 9.17) is 9.47 Å². The number of carbonyl (C=O) groups is 1. The van der Waals surface area contributed by atoms with Crippen LogP contribution in [0.4, 0.5) is 0 Å². The van der Waals surface area contributed by atoms with E-state index in [-0.39, 0.29) is 18.0 Å². The zero-order chi connectivity index (χ0) is 10.8. The number of alkyl halides is 1. The van der Waals surface area contributed by atoms with Crippen molar-refractivity contribution in [1.82, 2.24) is 0 Å². The molecule has 1 rings (SSSR count). The van der Waals surface area contributed by atoms with E-state index in [9.17, 15) is 4.79 Å². The van der Waals surface area contributed by atoms with Crippen LogP contribution >= 0.6 is 22.6 Å². The van der Waals surface area contributed by atoms with Gasteiger partial charge in [0.1, 0.15) is 5.78 Å². The molecule has 1 saturated heterocycles. The van der Waals surface area contributed by atoms with Gasteiger partial charge in [-0.1, -0.05) is 22.6 Å². The zero-order valence-corrected chi connectivity index (χ0v) is 11.0. The molecule has 1 aliphatic heterocycles. The molecule has 0 unspecified atom stereocenters. The number of ether oxygens (including phenoxy) is 2. The topological polar surface area (TPSA) is 35.5 Å². The second-order valence-corrected chi connectivity index (χ2v) is 5.06. The van der Waals surface area contributed by atoms with Crippen LogP contribution in [-0.2, 0) is 14.3 Å². The van der Waals surface area contributed by atoms with Crippen LogP contribution in [0.3, 0.4) is 0 Å². The number of hydrogen-bond acceptors (Lipinski definition) is 3. The third-order valence-electron chi connectivity index (χ3n) is 2.11. The van der Waals surface area contributed by atoms with Gasteiger partial charge >= 0.3 is 0 Å². The summed E-state index contributed by atoms with van der Waals surface area (Å²) in [6, 6.07) is 0. The van der Waals surface area contributed by atoms with Gasteiger partial charge in [0.15, 0.2) is 5.79 Å². The summed E-state index contributed by atoms with van der Waals surface area (Å²) in [5, 5.41) is 0. The van der Waals surface area contributed by atoms with Gasteiger partial charge in [-0.2, -0.15) is 0 Å². The van der Waals surface area contributed by atoms with E-state index in [1.165, 1.54) is 0 Å². The Morgan fingerprint density at radius 1 is 1.43 bits per heavy atom. The smallest absolute Gasteiger partial charge is 0.163 e. The van der Waals surface area contributed by atoms with E-state index in [0.717, 1.165) is 10.8 Å². The van der Waals surface area contributed by atoms with Crippen molar-refractivity contribution < 1.29 is 14.3 Å². The Balaban J connectivity index is 2.56. The number of Topliss-reactive ketones (excluding diaryl/α,β-unsaturated/α-hetero) is 1. The molecule has 3 nitrogen and oxygen atoms in total. The maximum atomic E-state index is 11.0. The van der Waals surface area contributed by atoms with E-state index in [1.54, 1.807) is 6.92 Å². The molecule has 1 fully saturated rings. The first-order chi connectivity index (χ1) is 6.43. The van der Waals surface area contributed by atoms with E-state index in [2.05, 4.69) is 22.6 Å². The van der Waals surface area contributed by atoms with Crippen LogP contribution in [0.25, 0.3) is 0 Å². The number of ketones is 1. The van der Waals surface area contributed by atoms with Crippen molar-refractivity contribution in [2.75, 3.05) is 4.43 Å². The Kier molecular flexibility index (Phi) is 4.33. The summed E-state index contributed by atoms with van der Waals surface area (Å²) >= 11 is 2.30. The Hall–Kier alpha value is 0.320. The molecular weight excluding hydrogens is 295 g/mol. The number of carbonyl (C=O) groups excluding carboxylic acids is 1. The largest absolute Gasteiger partial charge is 0.347 e. The summed E-state index contributed by atoms with van der Waals surface area (Å²) in [6.45, 7) is 5.40. The molecule has 14 heavy (non-hydrogen) atoms. The van der Waals surface area contributed by atoms with Gasteiger partial charge in [-0.05, 0) is 20.8 Å². The third kappa shape index (κ3) is 3.82. The SMILES string of the molecule is CC(=O)C[C@H]1C[C@@H](CI)OC(C)(C)O1. The van der Waals surface area contributed by atoms with Gasteiger partial charge in [0.2, 0.25) is 0 Å². The first-order valence-corrected chi connectivity index (χ1v) is 6.36. The maximum Gasteiger partial charge on any atom is 0.163 e. The fourth-order valence-corrected chi connectivity index (χ4v) is 2.30. The average molecular weight is 312 g/mol. The molecule has 0 saturated carbocycles. The minimum Gasteiger partial charge on any atom is -0.347 e. The van der Waals surface area contributed by atoms with Crippen molar-refractivity contribution in [3.8, 4) is 0 Å². The lowest BCUT2D eigenvalue weighted by atomic mass is 10.0. The molecule has 4 heteroatoms. The number of hydrogen-bond donors (Lipinski definition) is 0.